The Kier molecular flexibility index (Phi) is 3.37. The van der Waals surface area contributed by atoms with E-state index in [0.29, 0.717) is 0 Å². The molecule has 0 heterocycles. The number of nitrogens with two attached hydrogens (primary N) is 1. The molecule has 2 rings (SSSR count). The fourth-order valence-corrected chi connectivity index (χ4v) is 2.64. The summed E-state index contributed by atoms with van der Waals surface area (Å²) in [5, 5.41) is 0. The average molecular weight is 218 g/mol. The molecule has 0 amide bonds. The van der Waals surface area contributed by atoms with Gasteiger partial charge in [-0.1, -0.05) is 25.3 Å². The number of rotatable bonds is 2. The normalized spacial score (nSPS) is 17.4. The van der Waals surface area contributed by atoms with E-state index in [1.54, 1.807) is 0 Å². The van der Waals surface area contributed by atoms with Crippen LogP contribution in [-0.2, 0) is 0 Å². The lowest BCUT2D eigenvalue weighted by Gasteiger charge is -2.24. The van der Waals surface area contributed by atoms with Crippen molar-refractivity contribution in [2.75, 3.05) is 24.7 Å². The van der Waals surface area contributed by atoms with Crippen molar-refractivity contribution in [2.24, 2.45) is 0 Å². The number of benzene rings is 1. The Balaban J connectivity index is 2.24. The van der Waals surface area contributed by atoms with Gasteiger partial charge in [0.1, 0.15) is 0 Å². The van der Waals surface area contributed by atoms with Crippen molar-refractivity contribution in [2.45, 2.75) is 38.0 Å². The van der Waals surface area contributed by atoms with Gasteiger partial charge in [0.25, 0.3) is 0 Å². The van der Waals surface area contributed by atoms with E-state index >= 15 is 0 Å². The van der Waals surface area contributed by atoms with E-state index in [0.717, 1.165) is 17.3 Å². The third-order valence-electron chi connectivity index (χ3n) is 3.61. The van der Waals surface area contributed by atoms with Gasteiger partial charge in [0.15, 0.2) is 0 Å². The zero-order chi connectivity index (χ0) is 11.5. The Morgan fingerprint density at radius 3 is 2.44 bits per heavy atom. The molecule has 1 aliphatic rings. The summed E-state index contributed by atoms with van der Waals surface area (Å²) in [5.74, 6) is 0.757. The first-order chi connectivity index (χ1) is 7.68. The van der Waals surface area contributed by atoms with Crippen LogP contribution in [-0.4, -0.2) is 14.1 Å². The molecule has 0 aromatic heterocycles. The maximum Gasteiger partial charge on any atom is 0.0597 e. The summed E-state index contributed by atoms with van der Waals surface area (Å²) < 4.78 is 0. The highest BCUT2D eigenvalue weighted by molar-refractivity contribution is 5.68. The summed E-state index contributed by atoms with van der Waals surface area (Å²) in [7, 11) is 4.10. The van der Waals surface area contributed by atoms with Gasteiger partial charge in [-0.3, -0.25) is 0 Å². The molecular formula is C14H22N2. The van der Waals surface area contributed by atoms with E-state index < -0.39 is 0 Å². The number of hydrogen-bond donors (Lipinski definition) is 1. The molecule has 1 aromatic carbocycles. The molecule has 0 unspecified atom stereocenters. The summed E-state index contributed by atoms with van der Waals surface area (Å²) >= 11 is 0. The van der Waals surface area contributed by atoms with Crippen LogP contribution >= 0.6 is 0 Å². The molecule has 0 atom stereocenters. The van der Waals surface area contributed by atoms with Gasteiger partial charge in [0.2, 0.25) is 0 Å². The molecule has 1 aromatic rings. The second kappa shape index (κ2) is 4.77. The molecule has 0 aliphatic heterocycles. The summed E-state index contributed by atoms with van der Waals surface area (Å²) in [6, 6.07) is 6.53. The Hall–Kier alpha value is -1.18. The second-order valence-corrected chi connectivity index (χ2v) is 5.05. The third-order valence-corrected chi connectivity index (χ3v) is 3.61. The highest BCUT2D eigenvalue weighted by Gasteiger charge is 2.16. The Morgan fingerprint density at radius 1 is 1.12 bits per heavy atom. The lowest BCUT2D eigenvalue weighted by atomic mass is 9.84. The minimum Gasteiger partial charge on any atom is -0.397 e. The largest absolute Gasteiger partial charge is 0.397 e. The minimum atomic E-state index is 0.757. The smallest absolute Gasteiger partial charge is 0.0597 e. The molecule has 2 heteroatoms. The molecular weight excluding hydrogens is 196 g/mol. The second-order valence-electron chi connectivity index (χ2n) is 5.05. The molecule has 0 radical (unpaired) electrons. The first-order valence-electron chi connectivity index (χ1n) is 6.25. The van der Waals surface area contributed by atoms with E-state index in [1.807, 2.05) is 0 Å². The van der Waals surface area contributed by atoms with Crippen molar-refractivity contribution in [3.05, 3.63) is 23.8 Å². The highest BCUT2D eigenvalue weighted by Crippen LogP contribution is 2.35. The van der Waals surface area contributed by atoms with Gasteiger partial charge in [-0.05, 0) is 36.5 Å². The predicted molar refractivity (Wildman–Crippen MR) is 71.0 cm³/mol. The van der Waals surface area contributed by atoms with E-state index in [-0.39, 0.29) is 0 Å². The quantitative estimate of drug-likeness (QED) is 0.771. The fourth-order valence-electron chi connectivity index (χ4n) is 2.64. The van der Waals surface area contributed by atoms with Crippen molar-refractivity contribution in [1.29, 1.82) is 0 Å². The van der Waals surface area contributed by atoms with Crippen molar-refractivity contribution in [1.82, 2.24) is 0 Å². The van der Waals surface area contributed by atoms with Crippen LogP contribution in [0, 0.1) is 0 Å². The molecule has 1 saturated carbocycles. The lowest BCUT2D eigenvalue weighted by molar-refractivity contribution is 0.443. The van der Waals surface area contributed by atoms with Crippen molar-refractivity contribution in [3.63, 3.8) is 0 Å². The van der Waals surface area contributed by atoms with E-state index in [2.05, 4.69) is 37.2 Å². The summed E-state index contributed by atoms with van der Waals surface area (Å²) in [4.78, 5) is 2.10. The number of nitrogen functional groups attached to an aromatic ring is 1. The molecule has 1 aliphatic carbocycles. The molecule has 16 heavy (non-hydrogen) atoms. The van der Waals surface area contributed by atoms with Crippen LogP contribution in [0.5, 0.6) is 0 Å². The topological polar surface area (TPSA) is 29.3 Å². The van der Waals surface area contributed by atoms with Crippen LogP contribution in [0.2, 0.25) is 0 Å². The van der Waals surface area contributed by atoms with Gasteiger partial charge in [-0.15, -0.1) is 0 Å². The van der Waals surface area contributed by atoms with Gasteiger partial charge in [0, 0.05) is 14.1 Å². The number of nitrogens with zero attached hydrogens (tertiary/aromatic N) is 1. The molecule has 0 spiro atoms. The predicted octanol–water partition coefficient (Wildman–Crippen LogP) is 3.38. The number of hydrogen-bond acceptors (Lipinski definition) is 2. The van der Waals surface area contributed by atoms with E-state index in [9.17, 15) is 0 Å². The molecule has 1 fully saturated rings. The molecule has 0 saturated heterocycles. The van der Waals surface area contributed by atoms with Crippen LogP contribution in [0.3, 0.4) is 0 Å². The van der Waals surface area contributed by atoms with Crippen LogP contribution in [0.1, 0.15) is 43.6 Å². The highest BCUT2D eigenvalue weighted by atomic mass is 15.1. The van der Waals surface area contributed by atoms with Crippen LogP contribution < -0.4 is 10.6 Å². The van der Waals surface area contributed by atoms with Crippen molar-refractivity contribution in [3.8, 4) is 0 Å². The van der Waals surface area contributed by atoms with E-state index in [4.69, 9.17) is 5.73 Å². The van der Waals surface area contributed by atoms with Crippen LogP contribution in [0.25, 0.3) is 0 Å². The first kappa shape index (κ1) is 11.3. The minimum absolute atomic E-state index is 0.757. The zero-order valence-electron chi connectivity index (χ0n) is 10.4. The molecule has 2 N–H and O–H groups in total. The van der Waals surface area contributed by atoms with Gasteiger partial charge in [-0.25, -0.2) is 0 Å². The standard InChI is InChI=1S/C14H22N2/c1-16(2)14-10-12(8-9-13(14)15)11-6-4-3-5-7-11/h8-11H,3-7,15H2,1-2H3. The molecule has 0 bridgehead atoms. The van der Waals surface area contributed by atoms with E-state index in [1.165, 1.54) is 37.7 Å². The zero-order valence-corrected chi connectivity index (χ0v) is 10.4. The average Bonchev–Trinajstić information content (AvgIpc) is 2.30. The summed E-state index contributed by atoms with van der Waals surface area (Å²) in [5.41, 5.74) is 9.48. The third kappa shape index (κ3) is 2.31. The monoisotopic (exact) mass is 218 g/mol. The Bertz CT molecular complexity index is 352. The van der Waals surface area contributed by atoms with Crippen molar-refractivity contribution < 1.29 is 0 Å². The molecule has 88 valence electrons. The van der Waals surface area contributed by atoms with Crippen LogP contribution in [0.15, 0.2) is 18.2 Å². The number of anilines is 2. The Morgan fingerprint density at radius 2 is 1.81 bits per heavy atom. The lowest BCUT2D eigenvalue weighted by Crippen LogP contribution is -2.12. The van der Waals surface area contributed by atoms with Crippen LogP contribution in [0.4, 0.5) is 11.4 Å². The SMILES string of the molecule is CN(C)c1cc(C2CCCCC2)ccc1N. The fraction of sp³-hybridized carbons (Fsp3) is 0.571. The first-order valence-corrected chi connectivity index (χ1v) is 6.25. The van der Waals surface area contributed by atoms with Gasteiger partial charge >= 0.3 is 0 Å². The summed E-state index contributed by atoms with van der Waals surface area (Å²) in [6.45, 7) is 0. The Labute approximate surface area is 98.4 Å². The van der Waals surface area contributed by atoms with Gasteiger partial charge in [-0.2, -0.15) is 0 Å². The van der Waals surface area contributed by atoms with Gasteiger partial charge in [0.05, 0.1) is 11.4 Å². The summed E-state index contributed by atoms with van der Waals surface area (Å²) in [6.07, 6.45) is 6.86. The van der Waals surface area contributed by atoms with Crippen molar-refractivity contribution >= 4 is 11.4 Å². The maximum atomic E-state index is 5.98. The molecule has 2 nitrogen and oxygen atoms in total. The maximum absolute atomic E-state index is 5.98. The van der Waals surface area contributed by atoms with Gasteiger partial charge < -0.3 is 10.6 Å².